The lowest BCUT2D eigenvalue weighted by atomic mass is 10.0. The summed E-state index contributed by atoms with van der Waals surface area (Å²) in [6.45, 7) is 5.15. The molecule has 4 aromatic rings. The van der Waals surface area contributed by atoms with Crippen LogP contribution in [0.3, 0.4) is 0 Å². The third-order valence-electron chi connectivity index (χ3n) is 6.40. The Kier molecular flexibility index (Phi) is 5.47. The van der Waals surface area contributed by atoms with Crippen molar-refractivity contribution in [3.8, 4) is 5.75 Å². The summed E-state index contributed by atoms with van der Waals surface area (Å²) in [5.41, 5.74) is 2.47. The monoisotopic (exact) mass is 412 g/mol. The van der Waals surface area contributed by atoms with E-state index in [-0.39, 0.29) is 11.7 Å². The van der Waals surface area contributed by atoms with E-state index >= 15 is 0 Å². The maximum atomic E-state index is 12.1. The fourth-order valence-corrected chi connectivity index (χ4v) is 4.63. The van der Waals surface area contributed by atoms with Crippen LogP contribution in [0, 0.1) is 0 Å². The maximum Gasteiger partial charge on any atom is 0.255 e. The molecular weight excluding hydrogens is 384 g/mol. The third kappa shape index (κ3) is 4.21. The summed E-state index contributed by atoms with van der Waals surface area (Å²) >= 11 is 0. The predicted molar refractivity (Wildman–Crippen MR) is 127 cm³/mol. The number of aryl methyl sites for hydroxylation is 1. The average molecular weight is 413 g/mol. The number of fused-ring (bicyclic) bond motifs is 2. The molecule has 1 N–H and O–H groups in total. The Morgan fingerprint density at radius 2 is 1.77 bits per heavy atom. The molecule has 3 aromatic carbocycles. The number of pyridine rings is 1. The second kappa shape index (κ2) is 8.56. The number of piperidine rings is 1. The van der Waals surface area contributed by atoms with Crippen LogP contribution in [-0.2, 0) is 13.0 Å². The van der Waals surface area contributed by atoms with Crippen LogP contribution in [0.15, 0.2) is 71.7 Å². The number of H-pyrrole nitrogens is 1. The SMILES string of the molecule is CCc1c[nH]c(=O)c2ccc(OC3CCN(Cc4ccc5ccccc5c4)CC3)cc12. The number of ether oxygens (including phenoxy) is 1. The highest BCUT2D eigenvalue weighted by Gasteiger charge is 2.21. The minimum atomic E-state index is -0.0410. The summed E-state index contributed by atoms with van der Waals surface area (Å²) in [5.74, 6) is 0.862. The Morgan fingerprint density at radius 3 is 2.58 bits per heavy atom. The number of hydrogen-bond donors (Lipinski definition) is 1. The van der Waals surface area contributed by atoms with Crippen LogP contribution >= 0.6 is 0 Å². The highest BCUT2D eigenvalue weighted by molar-refractivity contribution is 5.86. The summed E-state index contributed by atoms with van der Waals surface area (Å²) in [7, 11) is 0. The average Bonchev–Trinajstić information content (AvgIpc) is 2.81. The van der Waals surface area contributed by atoms with Gasteiger partial charge in [0.05, 0.1) is 0 Å². The number of hydrogen-bond acceptors (Lipinski definition) is 3. The third-order valence-corrected chi connectivity index (χ3v) is 6.40. The lowest BCUT2D eigenvalue weighted by Gasteiger charge is -2.32. The number of aromatic amines is 1. The van der Waals surface area contributed by atoms with Crippen molar-refractivity contribution in [2.45, 2.75) is 38.8 Å². The standard InChI is InChI=1S/C27H28N2O2/c1-2-20-17-28-27(30)25-10-9-24(16-26(20)25)31-23-11-13-29(14-12-23)18-19-7-8-21-5-3-4-6-22(21)15-19/h3-10,15-17,23H,2,11-14,18H2,1H3,(H,28,30). The summed E-state index contributed by atoms with van der Waals surface area (Å²) in [5, 5.41) is 4.33. The fraction of sp³-hybridized carbons (Fsp3) is 0.296. The van der Waals surface area contributed by atoms with Crippen molar-refractivity contribution in [2.75, 3.05) is 13.1 Å². The van der Waals surface area contributed by atoms with E-state index < -0.39 is 0 Å². The second-order valence-electron chi connectivity index (χ2n) is 8.48. The van der Waals surface area contributed by atoms with E-state index in [9.17, 15) is 4.79 Å². The highest BCUT2D eigenvalue weighted by atomic mass is 16.5. The van der Waals surface area contributed by atoms with Crippen molar-refractivity contribution < 1.29 is 4.74 Å². The number of nitrogens with zero attached hydrogens (tertiary/aromatic N) is 1. The molecule has 4 heteroatoms. The minimum Gasteiger partial charge on any atom is -0.490 e. The number of nitrogens with one attached hydrogen (secondary N) is 1. The molecule has 158 valence electrons. The minimum absolute atomic E-state index is 0.0410. The van der Waals surface area contributed by atoms with E-state index in [1.807, 2.05) is 24.4 Å². The maximum absolute atomic E-state index is 12.1. The number of benzene rings is 3. The van der Waals surface area contributed by atoms with Gasteiger partial charge in [-0.2, -0.15) is 0 Å². The van der Waals surface area contributed by atoms with Gasteiger partial charge in [-0.15, -0.1) is 0 Å². The molecule has 1 aromatic heterocycles. The van der Waals surface area contributed by atoms with E-state index in [1.54, 1.807) is 0 Å². The summed E-state index contributed by atoms with van der Waals surface area (Å²) in [6.07, 6.45) is 4.95. The Morgan fingerprint density at radius 1 is 0.968 bits per heavy atom. The molecule has 0 atom stereocenters. The van der Waals surface area contributed by atoms with Crippen LogP contribution in [0.1, 0.15) is 30.9 Å². The van der Waals surface area contributed by atoms with Gasteiger partial charge in [-0.05, 0) is 70.8 Å². The molecule has 31 heavy (non-hydrogen) atoms. The molecule has 4 nitrogen and oxygen atoms in total. The first-order valence-corrected chi connectivity index (χ1v) is 11.2. The van der Waals surface area contributed by atoms with Gasteiger partial charge in [0.25, 0.3) is 5.56 Å². The van der Waals surface area contributed by atoms with E-state index in [0.717, 1.165) is 61.0 Å². The zero-order valence-corrected chi connectivity index (χ0v) is 17.9. The molecule has 0 saturated carbocycles. The highest BCUT2D eigenvalue weighted by Crippen LogP contribution is 2.25. The molecule has 0 unspecified atom stereocenters. The van der Waals surface area contributed by atoms with Gasteiger partial charge in [-0.25, -0.2) is 0 Å². The Labute approximate surface area is 182 Å². The first kappa shape index (κ1) is 19.8. The molecule has 1 aliphatic heterocycles. The Bertz CT molecular complexity index is 1270. The quantitative estimate of drug-likeness (QED) is 0.485. The van der Waals surface area contributed by atoms with Crippen LogP contribution in [0.4, 0.5) is 0 Å². The van der Waals surface area contributed by atoms with E-state index in [4.69, 9.17) is 4.74 Å². The normalized spacial score (nSPS) is 15.5. The molecule has 1 aliphatic rings. The van der Waals surface area contributed by atoms with Crippen LogP contribution in [0.5, 0.6) is 5.75 Å². The van der Waals surface area contributed by atoms with Crippen LogP contribution in [0.2, 0.25) is 0 Å². The van der Waals surface area contributed by atoms with E-state index in [0.29, 0.717) is 0 Å². The summed E-state index contributed by atoms with van der Waals surface area (Å²) in [4.78, 5) is 17.4. The molecule has 0 amide bonds. The first-order chi connectivity index (χ1) is 15.2. The summed E-state index contributed by atoms with van der Waals surface area (Å²) in [6, 6.07) is 21.1. The molecule has 0 spiro atoms. The van der Waals surface area contributed by atoms with Crippen molar-refractivity contribution in [3.05, 3.63) is 88.3 Å². The van der Waals surface area contributed by atoms with Gasteiger partial charge < -0.3 is 9.72 Å². The van der Waals surface area contributed by atoms with Crippen molar-refractivity contribution in [2.24, 2.45) is 0 Å². The molecule has 0 radical (unpaired) electrons. The van der Waals surface area contributed by atoms with Gasteiger partial charge in [-0.3, -0.25) is 9.69 Å². The zero-order valence-electron chi connectivity index (χ0n) is 17.9. The summed E-state index contributed by atoms with van der Waals surface area (Å²) < 4.78 is 6.32. The molecule has 2 heterocycles. The van der Waals surface area contributed by atoms with Crippen molar-refractivity contribution >= 4 is 21.5 Å². The number of aromatic nitrogens is 1. The van der Waals surface area contributed by atoms with Gasteiger partial charge in [0.15, 0.2) is 0 Å². The molecule has 1 saturated heterocycles. The zero-order chi connectivity index (χ0) is 21.2. The van der Waals surface area contributed by atoms with Gasteiger partial charge in [-0.1, -0.05) is 43.3 Å². The van der Waals surface area contributed by atoms with Crippen molar-refractivity contribution in [1.82, 2.24) is 9.88 Å². The Hall–Kier alpha value is -3.11. The lowest BCUT2D eigenvalue weighted by Crippen LogP contribution is -2.37. The van der Waals surface area contributed by atoms with Crippen molar-refractivity contribution in [1.29, 1.82) is 0 Å². The lowest BCUT2D eigenvalue weighted by molar-refractivity contribution is 0.0969. The predicted octanol–water partition coefficient (Wildman–Crippen LogP) is 5.29. The molecular formula is C27H28N2O2. The van der Waals surface area contributed by atoms with E-state index in [1.165, 1.54) is 16.3 Å². The molecule has 0 aliphatic carbocycles. The van der Waals surface area contributed by atoms with Gasteiger partial charge >= 0.3 is 0 Å². The van der Waals surface area contributed by atoms with Crippen LogP contribution in [-0.4, -0.2) is 29.1 Å². The number of likely N-dealkylation sites (tertiary alicyclic amines) is 1. The van der Waals surface area contributed by atoms with Gasteiger partial charge in [0.1, 0.15) is 11.9 Å². The first-order valence-electron chi connectivity index (χ1n) is 11.2. The largest absolute Gasteiger partial charge is 0.490 e. The molecule has 0 bridgehead atoms. The second-order valence-corrected chi connectivity index (χ2v) is 8.48. The van der Waals surface area contributed by atoms with Gasteiger partial charge in [0.2, 0.25) is 0 Å². The van der Waals surface area contributed by atoms with Gasteiger partial charge in [0, 0.05) is 31.2 Å². The topological polar surface area (TPSA) is 45.3 Å². The van der Waals surface area contributed by atoms with E-state index in [2.05, 4.69) is 59.3 Å². The Balaban J connectivity index is 1.23. The smallest absolute Gasteiger partial charge is 0.255 e. The van der Waals surface area contributed by atoms with Crippen molar-refractivity contribution in [3.63, 3.8) is 0 Å². The van der Waals surface area contributed by atoms with Crippen LogP contribution in [0.25, 0.3) is 21.5 Å². The molecule has 5 rings (SSSR count). The fourth-order valence-electron chi connectivity index (χ4n) is 4.63. The molecule has 1 fully saturated rings. The van der Waals surface area contributed by atoms with Crippen LogP contribution < -0.4 is 10.3 Å². The number of rotatable bonds is 5.